The number of anilines is 1. The number of hydrogen-bond acceptors (Lipinski definition) is 1. The lowest BCUT2D eigenvalue weighted by atomic mass is 10.1. The first-order valence-electron chi connectivity index (χ1n) is 5.44. The minimum Gasteiger partial charge on any atom is -0.322 e. The van der Waals surface area contributed by atoms with Crippen LogP contribution in [0.3, 0.4) is 0 Å². The van der Waals surface area contributed by atoms with Gasteiger partial charge in [0, 0.05) is 11.3 Å². The van der Waals surface area contributed by atoms with Crippen LogP contribution in [0.1, 0.15) is 15.9 Å². The molecule has 94 valence electrons. The molecule has 0 unspecified atom stereocenters. The fourth-order valence-corrected chi connectivity index (χ4v) is 1.74. The predicted molar refractivity (Wildman–Crippen MR) is 73.7 cm³/mol. The van der Waals surface area contributed by atoms with Gasteiger partial charge < -0.3 is 5.32 Å². The van der Waals surface area contributed by atoms with Gasteiger partial charge in [-0.05, 0) is 30.3 Å². The van der Waals surface area contributed by atoms with Crippen molar-refractivity contribution in [3.63, 3.8) is 0 Å². The Balaban J connectivity index is 2.26. The number of carbonyl (C=O) groups excluding carboxylic acids is 1. The van der Waals surface area contributed by atoms with Crippen LogP contribution in [-0.4, -0.2) is 5.91 Å². The van der Waals surface area contributed by atoms with Crippen LogP contribution < -0.4 is 5.32 Å². The van der Waals surface area contributed by atoms with Crippen molar-refractivity contribution in [1.29, 1.82) is 0 Å². The molecule has 2 aromatic rings. The zero-order chi connectivity index (χ0) is 13.8. The van der Waals surface area contributed by atoms with E-state index in [4.69, 9.17) is 18.0 Å². The molecular weight excluding hydrogens is 265 g/mol. The molecule has 0 radical (unpaired) electrons. The number of nitrogens with one attached hydrogen (secondary N) is 1. The fraction of sp³-hybridized carbons (Fsp3) is 0. The number of benzene rings is 2. The molecule has 4 heteroatoms. The Hall–Kier alpha value is -2.31. The Kier molecular flexibility index (Phi) is 3.84. The summed E-state index contributed by atoms with van der Waals surface area (Å²) in [4.78, 5) is 11.9. The second-order valence-electron chi connectivity index (χ2n) is 3.78. The van der Waals surface area contributed by atoms with Gasteiger partial charge in [0.25, 0.3) is 5.91 Å². The molecule has 2 nitrogen and oxygen atoms in total. The summed E-state index contributed by atoms with van der Waals surface area (Å²) in [5.41, 5.74) is 1.02. The molecule has 0 aliphatic rings. The summed E-state index contributed by atoms with van der Waals surface area (Å²) >= 11 is 5.63. The number of rotatable bonds is 2. The van der Waals surface area contributed by atoms with Crippen molar-refractivity contribution >= 4 is 23.2 Å². The maximum absolute atomic E-state index is 13.7. The lowest BCUT2D eigenvalue weighted by Crippen LogP contribution is -2.13. The normalized spacial score (nSPS) is 9.74. The highest BCUT2D eigenvalue weighted by molar-refractivity contribution is 6.31. The van der Waals surface area contributed by atoms with Crippen LogP contribution in [0.15, 0.2) is 42.5 Å². The topological polar surface area (TPSA) is 29.1 Å². The Morgan fingerprint density at radius 1 is 1.26 bits per heavy atom. The SMILES string of the molecule is C#Cc1cccc(NC(=O)c2cccc(Cl)c2F)c1. The number of hydrogen-bond donors (Lipinski definition) is 1. The lowest BCUT2D eigenvalue weighted by molar-refractivity contribution is 0.102. The third kappa shape index (κ3) is 2.93. The van der Waals surface area contributed by atoms with E-state index < -0.39 is 11.7 Å². The number of terminal acetylenes is 1. The molecule has 0 aliphatic heterocycles. The van der Waals surface area contributed by atoms with Crippen molar-refractivity contribution in [3.8, 4) is 12.3 Å². The maximum atomic E-state index is 13.7. The predicted octanol–water partition coefficient (Wildman–Crippen LogP) is 3.71. The van der Waals surface area contributed by atoms with E-state index in [1.165, 1.54) is 18.2 Å². The minimum absolute atomic E-state index is 0.0926. The standard InChI is InChI=1S/C15H9ClFNO/c1-2-10-5-3-6-11(9-10)18-15(19)12-7-4-8-13(16)14(12)17/h1,3-9H,(H,18,19). The lowest BCUT2D eigenvalue weighted by Gasteiger charge is -2.07. The summed E-state index contributed by atoms with van der Waals surface area (Å²) < 4.78 is 13.7. The first-order valence-corrected chi connectivity index (χ1v) is 5.81. The molecule has 0 atom stereocenters. The summed E-state index contributed by atoms with van der Waals surface area (Å²) in [6.07, 6.45) is 5.26. The van der Waals surface area contributed by atoms with Crippen molar-refractivity contribution in [3.05, 3.63) is 64.4 Å². The van der Waals surface area contributed by atoms with Crippen LogP contribution in [-0.2, 0) is 0 Å². The van der Waals surface area contributed by atoms with Gasteiger partial charge in [-0.3, -0.25) is 4.79 Å². The molecule has 0 spiro atoms. The first kappa shape index (κ1) is 13.1. The van der Waals surface area contributed by atoms with Gasteiger partial charge in [-0.2, -0.15) is 0 Å². The van der Waals surface area contributed by atoms with E-state index in [9.17, 15) is 9.18 Å². The Morgan fingerprint density at radius 3 is 2.74 bits per heavy atom. The van der Waals surface area contributed by atoms with Crippen LogP contribution in [0.2, 0.25) is 5.02 Å². The van der Waals surface area contributed by atoms with E-state index in [0.717, 1.165) is 0 Å². The van der Waals surface area contributed by atoms with Crippen molar-refractivity contribution < 1.29 is 9.18 Å². The smallest absolute Gasteiger partial charge is 0.258 e. The molecule has 2 rings (SSSR count). The van der Waals surface area contributed by atoms with Crippen molar-refractivity contribution in [2.75, 3.05) is 5.32 Å². The van der Waals surface area contributed by atoms with Gasteiger partial charge in [-0.15, -0.1) is 6.42 Å². The molecule has 0 fully saturated rings. The van der Waals surface area contributed by atoms with Gasteiger partial charge in [-0.25, -0.2) is 4.39 Å². The highest BCUT2D eigenvalue weighted by Crippen LogP contribution is 2.19. The van der Waals surface area contributed by atoms with Crippen molar-refractivity contribution in [1.82, 2.24) is 0 Å². The van der Waals surface area contributed by atoms with Gasteiger partial charge in [0.1, 0.15) is 0 Å². The van der Waals surface area contributed by atoms with E-state index in [1.807, 2.05) is 0 Å². The summed E-state index contributed by atoms with van der Waals surface area (Å²) in [7, 11) is 0. The zero-order valence-corrected chi connectivity index (χ0v) is 10.5. The molecule has 0 aliphatic carbocycles. The van der Waals surface area contributed by atoms with Gasteiger partial charge in [0.2, 0.25) is 0 Å². The van der Waals surface area contributed by atoms with E-state index in [2.05, 4.69) is 11.2 Å². The highest BCUT2D eigenvalue weighted by Gasteiger charge is 2.14. The van der Waals surface area contributed by atoms with E-state index in [1.54, 1.807) is 24.3 Å². The summed E-state index contributed by atoms with van der Waals surface area (Å²) in [5.74, 6) is 1.14. The van der Waals surface area contributed by atoms with Crippen LogP contribution in [0.4, 0.5) is 10.1 Å². The number of amides is 1. The van der Waals surface area contributed by atoms with Gasteiger partial charge in [0.15, 0.2) is 5.82 Å². The Labute approximate surface area is 115 Å². The summed E-state index contributed by atoms with van der Waals surface area (Å²) in [6.45, 7) is 0. The van der Waals surface area contributed by atoms with Crippen molar-refractivity contribution in [2.45, 2.75) is 0 Å². The van der Waals surface area contributed by atoms with E-state index in [-0.39, 0.29) is 10.6 Å². The average molecular weight is 274 g/mol. The molecule has 1 amide bonds. The van der Waals surface area contributed by atoms with Crippen LogP contribution in [0.25, 0.3) is 0 Å². The van der Waals surface area contributed by atoms with Crippen molar-refractivity contribution in [2.24, 2.45) is 0 Å². The molecule has 1 N–H and O–H groups in total. The van der Waals surface area contributed by atoms with Gasteiger partial charge in [-0.1, -0.05) is 29.7 Å². The zero-order valence-electron chi connectivity index (χ0n) is 9.78. The highest BCUT2D eigenvalue weighted by atomic mass is 35.5. The Morgan fingerprint density at radius 2 is 2.00 bits per heavy atom. The third-order valence-electron chi connectivity index (χ3n) is 2.48. The molecule has 0 bridgehead atoms. The third-order valence-corrected chi connectivity index (χ3v) is 2.78. The maximum Gasteiger partial charge on any atom is 0.258 e. The molecule has 0 aromatic heterocycles. The van der Waals surface area contributed by atoms with Gasteiger partial charge in [0.05, 0.1) is 10.6 Å². The molecule has 0 heterocycles. The van der Waals surface area contributed by atoms with E-state index in [0.29, 0.717) is 11.3 Å². The first-order chi connectivity index (χ1) is 9.11. The quantitative estimate of drug-likeness (QED) is 0.831. The summed E-state index contributed by atoms with van der Waals surface area (Å²) in [6, 6.07) is 11.0. The van der Waals surface area contributed by atoms with Crippen LogP contribution in [0, 0.1) is 18.2 Å². The van der Waals surface area contributed by atoms with Gasteiger partial charge >= 0.3 is 0 Å². The molecule has 0 saturated heterocycles. The second-order valence-corrected chi connectivity index (χ2v) is 4.19. The summed E-state index contributed by atoms with van der Waals surface area (Å²) in [5, 5.41) is 2.48. The second kappa shape index (κ2) is 5.55. The average Bonchev–Trinajstić information content (AvgIpc) is 2.42. The minimum atomic E-state index is -0.741. The molecular formula is C15H9ClFNO. The molecule has 2 aromatic carbocycles. The Bertz CT molecular complexity index is 676. The van der Waals surface area contributed by atoms with E-state index >= 15 is 0 Å². The monoisotopic (exact) mass is 273 g/mol. The van der Waals surface area contributed by atoms with Crippen LogP contribution in [0.5, 0.6) is 0 Å². The molecule has 19 heavy (non-hydrogen) atoms. The molecule has 0 saturated carbocycles. The number of halogens is 2. The van der Waals surface area contributed by atoms with Crippen LogP contribution >= 0.6 is 11.6 Å². The fourth-order valence-electron chi connectivity index (χ4n) is 1.56. The largest absolute Gasteiger partial charge is 0.322 e. The number of carbonyl (C=O) groups is 1.